The molecule has 0 aliphatic heterocycles. The van der Waals surface area contributed by atoms with Gasteiger partial charge < -0.3 is 9.84 Å². The number of halogens is 2. The summed E-state index contributed by atoms with van der Waals surface area (Å²) in [4.78, 5) is 0. The van der Waals surface area contributed by atoms with E-state index < -0.39 is 5.60 Å². The molecule has 108 valence electrons. The number of rotatable bonds is 5. The zero-order chi connectivity index (χ0) is 14.8. The van der Waals surface area contributed by atoms with Gasteiger partial charge in [0, 0.05) is 12.1 Å². The molecule has 0 radical (unpaired) electrons. The number of hydrogen-bond donors (Lipinski definition) is 1. The Bertz CT molecular complexity index is 579. The van der Waals surface area contributed by atoms with Gasteiger partial charge in [0.1, 0.15) is 5.60 Å². The summed E-state index contributed by atoms with van der Waals surface area (Å²) in [5.74, 6) is 0. The minimum Gasteiger partial charge on any atom is -0.383 e. The summed E-state index contributed by atoms with van der Waals surface area (Å²) in [5, 5.41) is 16.1. The van der Waals surface area contributed by atoms with Crippen LogP contribution in [0.25, 0.3) is 0 Å². The van der Waals surface area contributed by atoms with Crippen molar-refractivity contribution in [3.05, 3.63) is 51.8 Å². The highest BCUT2D eigenvalue weighted by atomic mass is 35.5. The minimum absolute atomic E-state index is 0.418. The van der Waals surface area contributed by atoms with Crippen molar-refractivity contribution in [3.8, 4) is 0 Å². The van der Waals surface area contributed by atoms with Gasteiger partial charge in [-0.15, -0.1) is 0 Å². The first-order valence-electron chi connectivity index (χ1n) is 6.16. The van der Waals surface area contributed by atoms with Crippen LogP contribution in [0.4, 0.5) is 0 Å². The predicted molar refractivity (Wildman–Crippen MR) is 79.2 cm³/mol. The fourth-order valence-corrected chi connectivity index (χ4v) is 2.56. The molecule has 0 aliphatic rings. The van der Waals surface area contributed by atoms with Gasteiger partial charge in [0.15, 0.2) is 0 Å². The molecule has 1 aromatic heterocycles. The number of nitrogens with zero attached hydrogens (tertiary/aromatic N) is 2. The van der Waals surface area contributed by atoms with Crippen molar-refractivity contribution in [1.29, 1.82) is 0 Å². The van der Waals surface area contributed by atoms with Crippen molar-refractivity contribution >= 4 is 23.2 Å². The second kappa shape index (κ2) is 6.14. The van der Waals surface area contributed by atoms with E-state index >= 15 is 0 Å². The number of aliphatic hydroxyl groups is 1. The SMILES string of the molecule is COCCn1ncc(Cl)c1C(C)(O)c1ccc(Cl)cc1. The summed E-state index contributed by atoms with van der Waals surface area (Å²) in [6.07, 6.45) is 1.52. The predicted octanol–water partition coefficient (Wildman–Crippen LogP) is 3.09. The molecule has 0 saturated carbocycles. The second-order valence-corrected chi connectivity index (χ2v) is 5.48. The lowest BCUT2D eigenvalue weighted by Gasteiger charge is -2.25. The van der Waals surface area contributed by atoms with Crippen LogP contribution in [0.5, 0.6) is 0 Å². The Hall–Kier alpha value is -1.07. The maximum atomic E-state index is 10.9. The second-order valence-electron chi connectivity index (χ2n) is 4.64. The van der Waals surface area contributed by atoms with Crippen LogP contribution in [-0.4, -0.2) is 28.6 Å². The number of benzene rings is 1. The van der Waals surface area contributed by atoms with E-state index in [-0.39, 0.29) is 0 Å². The molecule has 1 unspecified atom stereocenters. The molecule has 0 amide bonds. The zero-order valence-corrected chi connectivity index (χ0v) is 12.8. The maximum absolute atomic E-state index is 10.9. The smallest absolute Gasteiger partial charge is 0.130 e. The van der Waals surface area contributed by atoms with Crippen LogP contribution >= 0.6 is 23.2 Å². The van der Waals surface area contributed by atoms with Gasteiger partial charge in [0.25, 0.3) is 0 Å². The van der Waals surface area contributed by atoms with Gasteiger partial charge in [-0.1, -0.05) is 35.3 Å². The van der Waals surface area contributed by atoms with E-state index in [9.17, 15) is 5.11 Å². The first-order chi connectivity index (χ1) is 9.46. The molecule has 0 saturated heterocycles. The van der Waals surface area contributed by atoms with Gasteiger partial charge in [-0.25, -0.2) is 0 Å². The lowest BCUT2D eigenvalue weighted by atomic mass is 9.92. The zero-order valence-electron chi connectivity index (χ0n) is 11.3. The normalized spacial score (nSPS) is 14.2. The third-order valence-corrected chi connectivity index (χ3v) is 3.70. The van der Waals surface area contributed by atoms with Gasteiger partial charge in [-0.05, 0) is 24.6 Å². The van der Waals surface area contributed by atoms with E-state index in [4.69, 9.17) is 27.9 Å². The molecule has 6 heteroatoms. The Balaban J connectivity index is 2.42. The molecule has 0 aliphatic carbocycles. The molecule has 0 spiro atoms. The van der Waals surface area contributed by atoms with Gasteiger partial charge in [0.2, 0.25) is 0 Å². The summed E-state index contributed by atoms with van der Waals surface area (Å²) in [6, 6.07) is 7.00. The van der Waals surface area contributed by atoms with E-state index in [1.165, 1.54) is 6.20 Å². The van der Waals surface area contributed by atoms with E-state index in [1.807, 2.05) is 0 Å². The largest absolute Gasteiger partial charge is 0.383 e. The third kappa shape index (κ3) is 2.99. The van der Waals surface area contributed by atoms with Gasteiger partial charge in [0.05, 0.1) is 30.1 Å². The molecule has 0 fully saturated rings. The Labute approximate surface area is 127 Å². The molecular formula is C14H16Cl2N2O2. The van der Waals surface area contributed by atoms with E-state index in [0.717, 1.165) is 0 Å². The van der Waals surface area contributed by atoms with Crippen molar-refractivity contribution < 1.29 is 9.84 Å². The molecule has 2 aromatic rings. The average molecular weight is 315 g/mol. The molecule has 4 nitrogen and oxygen atoms in total. The van der Waals surface area contributed by atoms with Crippen molar-refractivity contribution in [2.75, 3.05) is 13.7 Å². The van der Waals surface area contributed by atoms with Gasteiger partial charge in [-0.2, -0.15) is 5.10 Å². The van der Waals surface area contributed by atoms with Gasteiger partial charge >= 0.3 is 0 Å². The molecule has 1 atom stereocenters. The van der Waals surface area contributed by atoms with Crippen LogP contribution in [0, 0.1) is 0 Å². The first kappa shape index (κ1) is 15.3. The van der Waals surface area contributed by atoms with Crippen LogP contribution in [0.2, 0.25) is 10.0 Å². The number of methoxy groups -OCH3 is 1. The molecule has 1 N–H and O–H groups in total. The topological polar surface area (TPSA) is 47.3 Å². The summed E-state index contributed by atoms with van der Waals surface area (Å²) >= 11 is 12.1. The molecule has 20 heavy (non-hydrogen) atoms. The molecular weight excluding hydrogens is 299 g/mol. The number of aromatic nitrogens is 2. The quantitative estimate of drug-likeness (QED) is 0.922. The number of ether oxygens (including phenoxy) is 1. The minimum atomic E-state index is -1.26. The average Bonchev–Trinajstić information content (AvgIpc) is 2.78. The van der Waals surface area contributed by atoms with Crippen LogP contribution in [0.3, 0.4) is 0 Å². The van der Waals surface area contributed by atoms with Crippen molar-refractivity contribution in [1.82, 2.24) is 9.78 Å². The highest BCUT2D eigenvalue weighted by Gasteiger charge is 2.32. The van der Waals surface area contributed by atoms with Crippen LogP contribution in [0.15, 0.2) is 30.5 Å². The lowest BCUT2D eigenvalue weighted by molar-refractivity contribution is 0.0884. The Kier molecular flexibility index (Phi) is 4.70. The molecule has 1 heterocycles. The van der Waals surface area contributed by atoms with Crippen molar-refractivity contribution in [3.63, 3.8) is 0 Å². The third-order valence-electron chi connectivity index (χ3n) is 3.17. The highest BCUT2D eigenvalue weighted by Crippen LogP contribution is 2.34. The lowest BCUT2D eigenvalue weighted by Crippen LogP contribution is -2.28. The maximum Gasteiger partial charge on any atom is 0.130 e. The fraction of sp³-hybridized carbons (Fsp3) is 0.357. The monoisotopic (exact) mass is 314 g/mol. The van der Waals surface area contributed by atoms with Crippen LogP contribution in [-0.2, 0) is 16.9 Å². The summed E-state index contributed by atoms with van der Waals surface area (Å²) in [7, 11) is 1.61. The summed E-state index contributed by atoms with van der Waals surface area (Å²) in [6.45, 7) is 2.69. The fourth-order valence-electron chi connectivity index (χ4n) is 2.10. The van der Waals surface area contributed by atoms with Crippen LogP contribution < -0.4 is 0 Å². The van der Waals surface area contributed by atoms with E-state index in [2.05, 4.69) is 5.10 Å². The Morgan fingerprint density at radius 2 is 1.95 bits per heavy atom. The van der Waals surface area contributed by atoms with E-state index in [0.29, 0.717) is 34.5 Å². The number of hydrogen-bond acceptors (Lipinski definition) is 3. The standard InChI is InChI=1S/C14H16Cl2N2O2/c1-14(19,10-3-5-11(15)6-4-10)13-12(16)9-17-18(13)7-8-20-2/h3-6,9,19H,7-8H2,1-2H3. The molecule has 2 rings (SSSR count). The van der Waals surface area contributed by atoms with Gasteiger partial charge in [-0.3, -0.25) is 4.68 Å². The van der Waals surface area contributed by atoms with Crippen LogP contribution in [0.1, 0.15) is 18.2 Å². The van der Waals surface area contributed by atoms with Crippen molar-refractivity contribution in [2.45, 2.75) is 19.1 Å². The Morgan fingerprint density at radius 3 is 2.55 bits per heavy atom. The first-order valence-corrected chi connectivity index (χ1v) is 6.91. The van der Waals surface area contributed by atoms with Crippen molar-refractivity contribution in [2.24, 2.45) is 0 Å². The van der Waals surface area contributed by atoms with E-state index in [1.54, 1.807) is 43.0 Å². The molecule has 0 bridgehead atoms. The molecule has 1 aromatic carbocycles. The summed E-state index contributed by atoms with van der Waals surface area (Å²) < 4.78 is 6.69. The summed E-state index contributed by atoms with van der Waals surface area (Å²) in [5.41, 5.74) is -0.0205. The highest BCUT2D eigenvalue weighted by molar-refractivity contribution is 6.31. The Morgan fingerprint density at radius 1 is 1.30 bits per heavy atom.